The summed E-state index contributed by atoms with van der Waals surface area (Å²) < 4.78 is 1.30. The van der Waals surface area contributed by atoms with Crippen LogP contribution in [0, 0.1) is 5.92 Å². The van der Waals surface area contributed by atoms with Crippen molar-refractivity contribution in [3.63, 3.8) is 0 Å². The molecule has 0 spiro atoms. The normalized spacial score (nSPS) is 23.8. The van der Waals surface area contributed by atoms with Gasteiger partial charge in [0.25, 0.3) is 0 Å². The molecule has 0 amide bonds. The number of thiazole rings is 1. The minimum atomic E-state index is 0.710. The van der Waals surface area contributed by atoms with E-state index in [-0.39, 0.29) is 0 Å². The largest absolute Gasteiger partial charge is 0.307 e. The van der Waals surface area contributed by atoms with Gasteiger partial charge in [-0.05, 0) is 30.9 Å². The van der Waals surface area contributed by atoms with Gasteiger partial charge >= 0.3 is 0 Å². The van der Waals surface area contributed by atoms with Crippen molar-refractivity contribution >= 4 is 21.6 Å². The fourth-order valence-electron chi connectivity index (χ4n) is 3.01. The molecule has 96 valence electrons. The van der Waals surface area contributed by atoms with Crippen molar-refractivity contribution in [2.24, 2.45) is 5.92 Å². The van der Waals surface area contributed by atoms with E-state index in [1.54, 1.807) is 0 Å². The molecule has 1 aromatic carbocycles. The minimum absolute atomic E-state index is 0.710. The number of fused-ring (bicyclic) bond motifs is 1. The molecule has 3 heteroatoms. The van der Waals surface area contributed by atoms with Crippen LogP contribution >= 0.6 is 11.3 Å². The molecule has 1 N–H and O–H groups in total. The molecule has 0 bridgehead atoms. The molecular weight excluding hydrogens is 240 g/mol. The fraction of sp³-hybridized carbons (Fsp3) is 0.533. The van der Waals surface area contributed by atoms with Crippen LogP contribution in [0.3, 0.4) is 0 Å². The van der Waals surface area contributed by atoms with Crippen LogP contribution in [0.25, 0.3) is 10.2 Å². The SMILES string of the molecule is CCC1CCCC1NCc1nc2ccccc2s1. The van der Waals surface area contributed by atoms with E-state index in [0.29, 0.717) is 6.04 Å². The molecule has 2 nitrogen and oxygen atoms in total. The number of rotatable bonds is 4. The average Bonchev–Trinajstić information content (AvgIpc) is 3.01. The maximum atomic E-state index is 4.68. The van der Waals surface area contributed by atoms with Crippen molar-refractivity contribution in [2.75, 3.05) is 0 Å². The van der Waals surface area contributed by atoms with E-state index in [2.05, 4.69) is 41.5 Å². The summed E-state index contributed by atoms with van der Waals surface area (Å²) in [5.41, 5.74) is 1.14. The zero-order valence-electron chi connectivity index (χ0n) is 10.9. The molecule has 2 aromatic rings. The van der Waals surface area contributed by atoms with Crippen molar-refractivity contribution in [1.82, 2.24) is 10.3 Å². The summed E-state index contributed by atoms with van der Waals surface area (Å²) >= 11 is 1.82. The summed E-state index contributed by atoms with van der Waals surface area (Å²) in [7, 11) is 0. The highest BCUT2D eigenvalue weighted by molar-refractivity contribution is 7.18. The molecule has 1 fully saturated rings. The topological polar surface area (TPSA) is 24.9 Å². The number of nitrogens with one attached hydrogen (secondary N) is 1. The molecule has 1 aliphatic carbocycles. The number of benzene rings is 1. The van der Waals surface area contributed by atoms with E-state index >= 15 is 0 Å². The maximum Gasteiger partial charge on any atom is 0.108 e. The Balaban J connectivity index is 1.66. The van der Waals surface area contributed by atoms with Gasteiger partial charge in [-0.15, -0.1) is 11.3 Å². The van der Waals surface area contributed by atoms with Gasteiger partial charge in [0.15, 0.2) is 0 Å². The highest BCUT2D eigenvalue weighted by Crippen LogP contribution is 2.29. The molecule has 1 heterocycles. The lowest BCUT2D eigenvalue weighted by molar-refractivity contribution is 0.389. The van der Waals surface area contributed by atoms with Crippen molar-refractivity contribution < 1.29 is 0 Å². The van der Waals surface area contributed by atoms with Gasteiger partial charge in [-0.2, -0.15) is 0 Å². The zero-order chi connectivity index (χ0) is 12.4. The molecule has 0 saturated heterocycles. The van der Waals surface area contributed by atoms with Gasteiger partial charge in [-0.25, -0.2) is 4.98 Å². The second-order valence-corrected chi connectivity index (χ2v) is 6.28. The second-order valence-electron chi connectivity index (χ2n) is 5.16. The number of hydrogen-bond donors (Lipinski definition) is 1. The Morgan fingerprint density at radius 1 is 1.33 bits per heavy atom. The third kappa shape index (κ3) is 2.43. The number of hydrogen-bond acceptors (Lipinski definition) is 3. The molecule has 3 rings (SSSR count). The van der Waals surface area contributed by atoms with Gasteiger partial charge in [-0.1, -0.05) is 31.9 Å². The first-order valence-electron chi connectivity index (χ1n) is 6.94. The Bertz CT molecular complexity index is 487. The Morgan fingerprint density at radius 3 is 3.06 bits per heavy atom. The predicted molar refractivity (Wildman–Crippen MR) is 77.9 cm³/mol. The molecule has 18 heavy (non-hydrogen) atoms. The lowest BCUT2D eigenvalue weighted by atomic mass is 10.0. The highest BCUT2D eigenvalue weighted by Gasteiger charge is 2.25. The molecule has 0 aliphatic heterocycles. The van der Waals surface area contributed by atoms with Crippen LogP contribution in [-0.2, 0) is 6.54 Å². The van der Waals surface area contributed by atoms with Gasteiger partial charge in [0.05, 0.1) is 10.2 Å². The van der Waals surface area contributed by atoms with Crippen LogP contribution in [-0.4, -0.2) is 11.0 Å². The lowest BCUT2D eigenvalue weighted by Gasteiger charge is -2.18. The summed E-state index contributed by atoms with van der Waals surface area (Å²) in [5, 5.41) is 4.93. The second kappa shape index (κ2) is 5.37. The van der Waals surface area contributed by atoms with Gasteiger partial charge < -0.3 is 5.32 Å². The monoisotopic (exact) mass is 260 g/mol. The summed E-state index contributed by atoms with van der Waals surface area (Å²) in [6, 6.07) is 9.10. The Hall–Kier alpha value is -0.930. The molecule has 1 saturated carbocycles. The first kappa shape index (κ1) is 12.1. The summed E-state index contributed by atoms with van der Waals surface area (Å²) in [6.07, 6.45) is 5.42. The van der Waals surface area contributed by atoms with Crippen LogP contribution in [0.2, 0.25) is 0 Å². The van der Waals surface area contributed by atoms with Crippen molar-refractivity contribution in [3.8, 4) is 0 Å². The molecule has 2 atom stereocenters. The van der Waals surface area contributed by atoms with Crippen LogP contribution in [0.5, 0.6) is 0 Å². The molecular formula is C15H20N2S. The predicted octanol–water partition coefficient (Wildman–Crippen LogP) is 3.96. The molecule has 0 radical (unpaired) electrons. The van der Waals surface area contributed by atoms with E-state index in [1.807, 2.05) is 11.3 Å². The van der Waals surface area contributed by atoms with Gasteiger partial charge in [-0.3, -0.25) is 0 Å². The third-order valence-corrected chi connectivity index (χ3v) is 5.07. The minimum Gasteiger partial charge on any atom is -0.307 e. The third-order valence-electron chi connectivity index (χ3n) is 4.04. The van der Waals surface area contributed by atoms with E-state index in [9.17, 15) is 0 Å². The number of nitrogens with zero attached hydrogens (tertiary/aromatic N) is 1. The summed E-state index contributed by atoms with van der Waals surface area (Å²) in [5.74, 6) is 0.874. The quantitative estimate of drug-likeness (QED) is 0.900. The van der Waals surface area contributed by atoms with Crippen LogP contribution < -0.4 is 5.32 Å². The van der Waals surface area contributed by atoms with E-state index in [0.717, 1.165) is 18.0 Å². The molecule has 1 aliphatic rings. The van der Waals surface area contributed by atoms with Crippen LogP contribution in [0.15, 0.2) is 24.3 Å². The van der Waals surface area contributed by atoms with Crippen molar-refractivity contribution in [3.05, 3.63) is 29.3 Å². The van der Waals surface area contributed by atoms with E-state index in [4.69, 9.17) is 0 Å². The highest BCUT2D eigenvalue weighted by atomic mass is 32.1. The zero-order valence-corrected chi connectivity index (χ0v) is 11.7. The number of para-hydroxylation sites is 1. The van der Waals surface area contributed by atoms with E-state index in [1.165, 1.54) is 35.4 Å². The fourth-order valence-corrected chi connectivity index (χ4v) is 3.93. The first-order chi connectivity index (χ1) is 8.86. The Morgan fingerprint density at radius 2 is 2.22 bits per heavy atom. The van der Waals surface area contributed by atoms with Crippen LogP contribution in [0.1, 0.15) is 37.6 Å². The summed E-state index contributed by atoms with van der Waals surface area (Å²) in [6.45, 7) is 3.24. The van der Waals surface area contributed by atoms with Gasteiger partial charge in [0, 0.05) is 12.6 Å². The first-order valence-corrected chi connectivity index (χ1v) is 7.76. The van der Waals surface area contributed by atoms with Gasteiger partial charge in [0.1, 0.15) is 5.01 Å². The Kier molecular flexibility index (Phi) is 3.62. The lowest BCUT2D eigenvalue weighted by Crippen LogP contribution is -2.31. The van der Waals surface area contributed by atoms with Crippen LogP contribution in [0.4, 0.5) is 0 Å². The standard InChI is InChI=1S/C15H20N2S/c1-2-11-6-5-8-12(11)16-10-15-17-13-7-3-4-9-14(13)18-15/h3-4,7,9,11-12,16H,2,5-6,8,10H2,1H3. The average molecular weight is 260 g/mol. The Labute approximate surface area is 112 Å². The smallest absolute Gasteiger partial charge is 0.108 e. The van der Waals surface area contributed by atoms with Crippen molar-refractivity contribution in [1.29, 1.82) is 0 Å². The molecule has 2 unspecified atom stereocenters. The van der Waals surface area contributed by atoms with E-state index < -0.39 is 0 Å². The maximum absolute atomic E-state index is 4.68. The molecule has 1 aromatic heterocycles. The summed E-state index contributed by atoms with van der Waals surface area (Å²) in [4.78, 5) is 4.68. The number of aromatic nitrogens is 1. The van der Waals surface area contributed by atoms with Crippen molar-refractivity contribution in [2.45, 2.75) is 45.2 Å². The van der Waals surface area contributed by atoms with Gasteiger partial charge in [0.2, 0.25) is 0 Å².